The Labute approximate surface area is 220 Å². The van der Waals surface area contributed by atoms with Gasteiger partial charge >= 0.3 is 0 Å². The molecular weight excluding hydrogens is 488 g/mol. The normalized spacial score (nSPS) is 30.7. The van der Waals surface area contributed by atoms with Crippen molar-refractivity contribution in [1.82, 2.24) is 19.8 Å². The third kappa shape index (κ3) is 3.13. The molecule has 6 rings (SSSR count). The number of fused-ring (bicyclic) bond motifs is 5. The molecule has 38 heavy (non-hydrogen) atoms. The molecule has 0 aromatic heterocycles. The Kier molecular flexibility index (Phi) is 5.77. The maximum Gasteiger partial charge on any atom is 0.248 e. The fourth-order valence-electron chi connectivity index (χ4n) is 6.84. The number of carbonyl (C=O) groups excluding carboxylic acids is 4. The number of likely N-dealkylation sites (N-methyl/N-ethyl adjacent to an activating group) is 2. The third-order valence-corrected chi connectivity index (χ3v) is 8.45. The molecule has 10 nitrogen and oxygen atoms in total. The molecule has 0 bridgehead atoms. The second-order valence-corrected chi connectivity index (χ2v) is 9.98. The number of rotatable bonds is 6. The highest BCUT2D eigenvalue weighted by molar-refractivity contribution is 6.10. The Morgan fingerprint density at radius 3 is 1.18 bits per heavy atom. The van der Waals surface area contributed by atoms with Crippen LogP contribution in [0.5, 0.6) is 11.5 Å². The topological polar surface area (TPSA) is 99.7 Å². The van der Waals surface area contributed by atoms with E-state index in [2.05, 4.69) is 0 Å². The Morgan fingerprint density at radius 2 is 0.895 bits per heavy atom. The molecule has 4 fully saturated rings. The summed E-state index contributed by atoms with van der Waals surface area (Å²) in [7, 11) is 3.15. The summed E-state index contributed by atoms with van der Waals surface area (Å²) < 4.78 is 10.7. The quantitative estimate of drug-likeness (QED) is 0.534. The van der Waals surface area contributed by atoms with E-state index in [9.17, 15) is 19.2 Å². The summed E-state index contributed by atoms with van der Waals surface area (Å²) in [4.78, 5) is 57.5. The second-order valence-electron chi connectivity index (χ2n) is 9.98. The lowest BCUT2D eigenvalue weighted by Crippen LogP contribution is -2.50. The van der Waals surface area contributed by atoms with Gasteiger partial charge < -0.3 is 9.47 Å². The molecule has 10 heteroatoms. The van der Waals surface area contributed by atoms with Crippen molar-refractivity contribution in [3.05, 3.63) is 59.7 Å². The van der Waals surface area contributed by atoms with E-state index in [0.29, 0.717) is 11.5 Å². The number of benzene rings is 2. The molecule has 0 aliphatic carbocycles. The lowest BCUT2D eigenvalue weighted by Gasteiger charge is -2.35. The minimum atomic E-state index is -0.817. The van der Waals surface area contributed by atoms with Gasteiger partial charge in [0, 0.05) is 13.1 Å². The molecule has 0 spiro atoms. The van der Waals surface area contributed by atoms with Crippen molar-refractivity contribution in [3.8, 4) is 11.5 Å². The van der Waals surface area contributed by atoms with Crippen LogP contribution in [0, 0.1) is 11.8 Å². The minimum Gasteiger partial charge on any atom is -0.497 e. The molecule has 4 aliphatic rings. The highest BCUT2D eigenvalue weighted by Gasteiger charge is 2.73. The van der Waals surface area contributed by atoms with Crippen molar-refractivity contribution in [1.29, 1.82) is 0 Å². The number of methoxy groups -OCH3 is 2. The van der Waals surface area contributed by atoms with Crippen LogP contribution in [0.4, 0.5) is 0 Å². The van der Waals surface area contributed by atoms with Gasteiger partial charge in [0.1, 0.15) is 23.6 Å². The number of hydrogen-bond donors (Lipinski definition) is 0. The van der Waals surface area contributed by atoms with E-state index in [0.717, 1.165) is 11.1 Å². The minimum absolute atomic E-state index is 0.258. The first-order valence-electron chi connectivity index (χ1n) is 12.9. The molecule has 4 amide bonds. The lowest BCUT2D eigenvalue weighted by molar-refractivity contribution is -0.152. The molecule has 4 heterocycles. The predicted octanol–water partition coefficient (Wildman–Crippen LogP) is 1.78. The number of carbonyl (C=O) groups is 4. The van der Waals surface area contributed by atoms with Crippen LogP contribution in [-0.2, 0) is 19.2 Å². The highest BCUT2D eigenvalue weighted by atomic mass is 16.5. The lowest BCUT2D eigenvalue weighted by atomic mass is 9.84. The smallest absolute Gasteiger partial charge is 0.248 e. The van der Waals surface area contributed by atoms with Gasteiger partial charge in [-0.1, -0.05) is 24.3 Å². The number of hydrazine groups is 1. The Hall–Kier alpha value is -3.76. The first-order chi connectivity index (χ1) is 18.4. The monoisotopic (exact) mass is 518 g/mol. The predicted molar refractivity (Wildman–Crippen MR) is 134 cm³/mol. The third-order valence-electron chi connectivity index (χ3n) is 8.45. The average molecular weight is 519 g/mol. The zero-order valence-corrected chi connectivity index (χ0v) is 21.7. The van der Waals surface area contributed by atoms with E-state index < -0.39 is 36.0 Å². The van der Waals surface area contributed by atoms with Crippen LogP contribution in [0.25, 0.3) is 0 Å². The molecule has 0 N–H and O–H groups in total. The average Bonchev–Trinajstić information content (AvgIpc) is 3.60. The van der Waals surface area contributed by atoms with Gasteiger partial charge in [0.05, 0.1) is 38.1 Å². The molecule has 2 aromatic rings. The Bertz CT molecular complexity index is 1210. The van der Waals surface area contributed by atoms with Gasteiger partial charge in [-0.2, -0.15) is 0 Å². The largest absolute Gasteiger partial charge is 0.497 e. The van der Waals surface area contributed by atoms with Crippen LogP contribution in [0.2, 0.25) is 0 Å². The van der Waals surface area contributed by atoms with Crippen LogP contribution >= 0.6 is 0 Å². The number of amides is 4. The molecule has 4 aliphatic heterocycles. The van der Waals surface area contributed by atoms with E-state index in [-0.39, 0.29) is 36.7 Å². The number of nitrogens with zero attached hydrogens (tertiary/aromatic N) is 4. The van der Waals surface area contributed by atoms with Gasteiger partial charge in [-0.05, 0) is 49.2 Å². The van der Waals surface area contributed by atoms with Gasteiger partial charge in [0.25, 0.3) is 0 Å². The van der Waals surface area contributed by atoms with E-state index in [4.69, 9.17) is 9.47 Å². The molecule has 0 saturated carbocycles. The van der Waals surface area contributed by atoms with Crippen molar-refractivity contribution in [2.45, 2.75) is 38.0 Å². The summed E-state index contributed by atoms with van der Waals surface area (Å²) in [6, 6.07) is 11.9. The van der Waals surface area contributed by atoms with Crippen molar-refractivity contribution in [3.63, 3.8) is 0 Å². The zero-order valence-electron chi connectivity index (χ0n) is 21.7. The fraction of sp³-hybridized carbons (Fsp3) is 0.429. The van der Waals surface area contributed by atoms with E-state index in [1.54, 1.807) is 52.3 Å². The van der Waals surface area contributed by atoms with Gasteiger partial charge in [0.15, 0.2) is 0 Å². The molecule has 0 radical (unpaired) electrons. The standard InChI is InChI=1S/C28H30N4O6/c1-5-29-25(33)19-21(15-7-11-17(37-3)12-8-15)32-24-20(26(34)30(6-2)28(24)36)22(31(32)23(19)27(29)35)16-9-13-18(38-4)14-10-16/h7-14,19-24H,5-6H2,1-4H3/t19-,20-,21-,22+,23+,24+/m0/s1. The van der Waals surface area contributed by atoms with E-state index >= 15 is 0 Å². The van der Waals surface area contributed by atoms with Crippen molar-refractivity contribution < 1.29 is 28.7 Å². The summed E-state index contributed by atoms with van der Waals surface area (Å²) in [5.74, 6) is -1.22. The first kappa shape index (κ1) is 24.6. The molecular formula is C28H30N4O6. The first-order valence-corrected chi connectivity index (χ1v) is 12.9. The summed E-state index contributed by atoms with van der Waals surface area (Å²) in [5.41, 5.74) is 1.57. The van der Waals surface area contributed by atoms with Gasteiger partial charge in [-0.15, -0.1) is 0 Å². The summed E-state index contributed by atoms with van der Waals surface area (Å²) >= 11 is 0. The number of ether oxygens (including phenoxy) is 2. The molecule has 2 aromatic carbocycles. The van der Waals surface area contributed by atoms with E-state index in [1.165, 1.54) is 9.80 Å². The maximum absolute atomic E-state index is 13.7. The van der Waals surface area contributed by atoms with Crippen molar-refractivity contribution in [2.75, 3.05) is 27.3 Å². The van der Waals surface area contributed by atoms with Gasteiger partial charge in [-0.3, -0.25) is 29.0 Å². The molecule has 4 saturated heterocycles. The highest BCUT2D eigenvalue weighted by Crippen LogP contribution is 2.59. The second kappa shape index (κ2) is 8.92. The molecule has 0 unspecified atom stereocenters. The number of likely N-dealkylation sites (tertiary alicyclic amines) is 2. The van der Waals surface area contributed by atoms with Crippen LogP contribution in [0.3, 0.4) is 0 Å². The van der Waals surface area contributed by atoms with Crippen molar-refractivity contribution in [2.24, 2.45) is 11.8 Å². The van der Waals surface area contributed by atoms with Crippen LogP contribution < -0.4 is 9.47 Å². The molecule has 198 valence electrons. The summed E-state index contributed by atoms with van der Waals surface area (Å²) in [6.45, 7) is 4.08. The Balaban J connectivity index is 1.56. The van der Waals surface area contributed by atoms with Crippen molar-refractivity contribution >= 4 is 23.6 Å². The van der Waals surface area contributed by atoms with Crippen LogP contribution in [0.15, 0.2) is 48.5 Å². The number of hydrogen-bond acceptors (Lipinski definition) is 8. The molecule has 6 atom stereocenters. The summed E-state index contributed by atoms with van der Waals surface area (Å²) in [6.07, 6.45) is 0. The Morgan fingerprint density at radius 1 is 0.553 bits per heavy atom. The number of imide groups is 2. The van der Waals surface area contributed by atoms with E-state index in [1.807, 2.05) is 34.3 Å². The van der Waals surface area contributed by atoms with Gasteiger partial charge in [-0.25, -0.2) is 10.0 Å². The SMILES string of the molecule is CCN1C(=O)[C@@H]2[C@H](C1=O)N1[C@H](c3ccc(OC)cc3)[C@@H]3C(=O)N(CC)C(=O)[C@@H]3N1[C@H]2c1ccc(OC)cc1. The fourth-order valence-corrected chi connectivity index (χ4v) is 6.84. The zero-order chi connectivity index (χ0) is 26.9. The van der Waals surface area contributed by atoms with Gasteiger partial charge in [0.2, 0.25) is 23.6 Å². The summed E-state index contributed by atoms with van der Waals surface area (Å²) in [5, 5.41) is 3.74. The van der Waals surface area contributed by atoms with Crippen LogP contribution in [0.1, 0.15) is 37.1 Å². The van der Waals surface area contributed by atoms with Crippen LogP contribution in [-0.4, -0.2) is 82.8 Å². The maximum atomic E-state index is 13.7.